The highest BCUT2D eigenvalue weighted by molar-refractivity contribution is 5.98. The van der Waals surface area contributed by atoms with E-state index in [0.717, 1.165) is 0 Å². The van der Waals surface area contributed by atoms with E-state index in [1.807, 2.05) is 6.07 Å². The molecule has 0 aliphatic carbocycles. The highest BCUT2D eigenvalue weighted by atomic mass is 16.4. The summed E-state index contributed by atoms with van der Waals surface area (Å²) in [6, 6.07) is 14.9. The average Bonchev–Trinajstić information content (AvgIpc) is 2.48. The van der Waals surface area contributed by atoms with Crippen LogP contribution >= 0.6 is 0 Å². The third-order valence-corrected chi connectivity index (χ3v) is 2.78. The van der Waals surface area contributed by atoms with Crippen LogP contribution in [0.3, 0.4) is 0 Å². The minimum atomic E-state index is -0.535. The van der Waals surface area contributed by atoms with Crippen LogP contribution in [0, 0.1) is 0 Å². The van der Waals surface area contributed by atoms with Gasteiger partial charge in [-0.2, -0.15) is 4.98 Å². The first-order valence-electron chi connectivity index (χ1n) is 6.25. The Morgan fingerprint density at radius 3 is 2.48 bits per heavy atom. The summed E-state index contributed by atoms with van der Waals surface area (Å²) in [5.74, 6) is 0. The van der Waals surface area contributed by atoms with E-state index in [0.29, 0.717) is 16.7 Å². The maximum Gasteiger partial charge on any atom is 0.327 e. The first-order chi connectivity index (χ1) is 10.2. The number of para-hydroxylation sites is 2. The molecule has 0 aliphatic rings. The normalized spacial score (nSPS) is 10.3. The number of fused-ring (bicyclic) bond motifs is 1. The molecule has 21 heavy (non-hydrogen) atoms. The molecule has 0 radical (unpaired) electrons. The Labute approximate surface area is 119 Å². The fourth-order valence-electron chi connectivity index (χ4n) is 1.85. The summed E-state index contributed by atoms with van der Waals surface area (Å²) < 4.78 is 5.37. The molecular formula is C15H11N3O3. The van der Waals surface area contributed by atoms with Gasteiger partial charge in [-0.1, -0.05) is 30.3 Å². The molecule has 0 aliphatic heterocycles. The summed E-state index contributed by atoms with van der Waals surface area (Å²) in [4.78, 5) is 27.3. The molecule has 3 rings (SSSR count). The van der Waals surface area contributed by atoms with Crippen LogP contribution in [-0.2, 0) is 0 Å². The molecule has 0 bridgehead atoms. The first kappa shape index (κ1) is 12.9. The number of carbonyl (C=O) groups is 1. The predicted molar refractivity (Wildman–Crippen MR) is 79.4 cm³/mol. The average molecular weight is 281 g/mol. The molecule has 0 atom stereocenters. The number of benzene rings is 2. The van der Waals surface area contributed by atoms with Crippen molar-refractivity contribution in [1.29, 1.82) is 0 Å². The zero-order valence-electron chi connectivity index (χ0n) is 10.9. The highest BCUT2D eigenvalue weighted by Crippen LogP contribution is 2.13. The molecular weight excluding hydrogens is 270 g/mol. The van der Waals surface area contributed by atoms with Gasteiger partial charge in [-0.15, -0.1) is 0 Å². The third-order valence-electron chi connectivity index (χ3n) is 2.78. The van der Waals surface area contributed by atoms with E-state index in [1.165, 1.54) is 0 Å². The van der Waals surface area contributed by atoms with Crippen LogP contribution in [0.5, 0.6) is 0 Å². The number of urea groups is 1. The summed E-state index contributed by atoms with van der Waals surface area (Å²) in [7, 11) is 0. The van der Waals surface area contributed by atoms with Gasteiger partial charge in [0, 0.05) is 5.69 Å². The lowest BCUT2D eigenvalue weighted by Crippen LogP contribution is -2.21. The lowest BCUT2D eigenvalue weighted by molar-refractivity contribution is 0.261. The predicted octanol–water partition coefficient (Wildman–Crippen LogP) is 2.83. The minimum absolute atomic E-state index is 0.146. The van der Waals surface area contributed by atoms with Crippen molar-refractivity contribution in [2.75, 3.05) is 10.6 Å². The smallest absolute Gasteiger partial charge is 0.327 e. The van der Waals surface area contributed by atoms with Crippen LogP contribution < -0.4 is 16.2 Å². The maximum absolute atomic E-state index is 11.8. The van der Waals surface area contributed by atoms with Gasteiger partial charge in [0.25, 0.3) is 5.56 Å². The van der Waals surface area contributed by atoms with Gasteiger partial charge in [0.15, 0.2) is 0 Å². The number of amides is 2. The third kappa shape index (κ3) is 2.89. The molecule has 0 unspecified atom stereocenters. The Kier molecular flexibility index (Phi) is 3.34. The molecule has 6 nitrogen and oxygen atoms in total. The summed E-state index contributed by atoms with van der Waals surface area (Å²) in [6.07, 6.45) is 0. The Hall–Kier alpha value is -3.15. The molecule has 1 heterocycles. The van der Waals surface area contributed by atoms with Gasteiger partial charge in [-0.05, 0) is 24.3 Å². The second-order valence-corrected chi connectivity index (χ2v) is 4.27. The van der Waals surface area contributed by atoms with Crippen molar-refractivity contribution >= 4 is 28.7 Å². The number of anilines is 2. The standard InChI is InChI=1S/C15H11N3O3/c19-13-11-8-4-5-9-12(11)21-15(17-13)18-14(20)16-10-6-2-1-3-7-10/h1-9H,(H2,16,17,18,19,20). The van der Waals surface area contributed by atoms with E-state index in [2.05, 4.69) is 15.6 Å². The molecule has 0 saturated carbocycles. The molecule has 1 aromatic heterocycles. The number of hydrogen-bond acceptors (Lipinski definition) is 4. The van der Waals surface area contributed by atoms with Crippen molar-refractivity contribution < 1.29 is 9.21 Å². The van der Waals surface area contributed by atoms with Crippen LogP contribution in [0.4, 0.5) is 16.5 Å². The largest absolute Gasteiger partial charge is 0.425 e. The Bertz CT molecular complexity index is 843. The van der Waals surface area contributed by atoms with Crippen molar-refractivity contribution in [2.24, 2.45) is 0 Å². The van der Waals surface area contributed by atoms with E-state index in [4.69, 9.17) is 4.42 Å². The monoisotopic (exact) mass is 281 g/mol. The Morgan fingerprint density at radius 1 is 0.952 bits per heavy atom. The molecule has 0 spiro atoms. The summed E-state index contributed by atoms with van der Waals surface area (Å²) in [5.41, 5.74) is 0.539. The van der Waals surface area contributed by atoms with E-state index in [-0.39, 0.29) is 6.01 Å². The van der Waals surface area contributed by atoms with Gasteiger partial charge >= 0.3 is 12.0 Å². The first-order valence-corrected chi connectivity index (χ1v) is 6.25. The molecule has 0 fully saturated rings. The molecule has 6 heteroatoms. The van der Waals surface area contributed by atoms with Gasteiger partial charge in [0.05, 0.1) is 5.39 Å². The molecule has 2 amide bonds. The topological polar surface area (TPSA) is 84.2 Å². The van der Waals surface area contributed by atoms with E-state index >= 15 is 0 Å². The zero-order chi connectivity index (χ0) is 14.7. The fourth-order valence-corrected chi connectivity index (χ4v) is 1.85. The SMILES string of the molecule is O=C(Nc1ccccc1)Nc1nc(=O)c2ccccc2o1. The summed E-state index contributed by atoms with van der Waals surface area (Å²) in [5, 5.41) is 5.37. The van der Waals surface area contributed by atoms with Crippen LogP contribution in [0.1, 0.15) is 0 Å². The second-order valence-electron chi connectivity index (χ2n) is 4.27. The number of aromatic nitrogens is 1. The molecule has 3 aromatic rings. The van der Waals surface area contributed by atoms with Gasteiger partial charge in [-0.3, -0.25) is 10.1 Å². The van der Waals surface area contributed by atoms with Crippen molar-refractivity contribution in [2.45, 2.75) is 0 Å². The maximum atomic E-state index is 11.8. The Morgan fingerprint density at radius 2 is 1.67 bits per heavy atom. The van der Waals surface area contributed by atoms with E-state index in [1.54, 1.807) is 48.5 Å². The summed E-state index contributed by atoms with van der Waals surface area (Å²) in [6.45, 7) is 0. The van der Waals surface area contributed by atoms with Crippen molar-refractivity contribution in [3.05, 3.63) is 65.0 Å². The van der Waals surface area contributed by atoms with E-state index in [9.17, 15) is 9.59 Å². The van der Waals surface area contributed by atoms with Crippen molar-refractivity contribution in [3.63, 3.8) is 0 Å². The van der Waals surface area contributed by atoms with Crippen molar-refractivity contribution in [3.8, 4) is 0 Å². The van der Waals surface area contributed by atoms with Gasteiger partial charge in [0.1, 0.15) is 5.58 Å². The minimum Gasteiger partial charge on any atom is -0.425 e. The summed E-state index contributed by atoms with van der Waals surface area (Å²) >= 11 is 0. The quantitative estimate of drug-likeness (QED) is 0.756. The number of hydrogen-bond donors (Lipinski definition) is 2. The van der Waals surface area contributed by atoms with E-state index < -0.39 is 11.6 Å². The van der Waals surface area contributed by atoms with Crippen LogP contribution in [0.25, 0.3) is 11.0 Å². The number of carbonyl (C=O) groups excluding carboxylic acids is 1. The zero-order valence-corrected chi connectivity index (χ0v) is 10.9. The molecule has 0 saturated heterocycles. The van der Waals surface area contributed by atoms with Gasteiger partial charge < -0.3 is 9.73 Å². The number of nitrogens with zero attached hydrogens (tertiary/aromatic N) is 1. The fraction of sp³-hybridized carbons (Fsp3) is 0. The van der Waals surface area contributed by atoms with Crippen LogP contribution in [0.15, 0.2) is 63.8 Å². The second kappa shape index (κ2) is 5.46. The van der Waals surface area contributed by atoms with Crippen LogP contribution in [-0.4, -0.2) is 11.0 Å². The van der Waals surface area contributed by atoms with Crippen LogP contribution in [0.2, 0.25) is 0 Å². The molecule has 2 aromatic carbocycles. The number of rotatable bonds is 2. The highest BCUT2D eigenvalue weighted by Gasteiger charge is 2.09. The van der Waals surface area contributed by atoms with Gasteiger partial charge in [-0.25, -0.2) is 4.79 Å². The van der Waals surface area contributed by atoms with Gasteiger partial charge in [0.2, 0.25) is 0 Å². The Balaban J connectivity index is 1.82. The lowest BCUT2D eigenvalue weighted by Gasteiger charge is -2.06. The number of nitrogens with one attached hydrogen (secondary N) is 2. The lowest BCUT2D eigenvalue weighted by atomic mass is 10.2. The molecule has 104 valence electrons. The molecule has 2 N–H and O–H groups in total. The van der Waals surface area contributed by atoms with Crippen molar-refractivity contribution in [1.82, 2.24) is 4.98 Å².